The molecule has 1 amide bonds. The van der Waals surface area contributed by atoms with Crippen molar-refractivity contribution in [3.63, 3.8) is 0 Å². The molecule has 31 heavy (non-hydrogen) atoms. The van der Waals surface area contributed by atoms with Crippen LogP contribution in [0.25, 0.3) is 10.6 Å². The van der Waals surface area contributed by atoms with Gasteiger partial charge in [0, 0.05) is 12.2 Å². The van der Waals surface area contributed by atoms with Gasteiger partial charge in [-0.25, -0.2) is 14.4 Å². The number of nitrogens with zero attached hydrogens (tertiary/aromatic N) is 2. The summed E-state index contributed by atoms with van der Waals surface area (Å²) in [5.74, 6) is 0.212. The van der Waals surface area contributed by atoms with E-state index in [1.807, 2.05) is 54.6 Å². The molecule has 4 aromatic rings. The van der Waals surface area contributed by atoms with Crippen molar-refractivity contribution < 1.29 is 13.9 Å². The summed E-state index contributed by atoms with van der Waals surface area (Å²) in [6, 6.07) is 20.2. The molecule has 0 aliphatic heterocycles. The molecule has 8 heteroatoms. The number of nitrogens with one attached hydrogen (secondary N) is 2. The van der Waals surface area contributed by atoms with E-state index in [1.54, 1.807) is 19.2 Å². The van der Waals surface area contributed by atoms with Crippen molar-refractivity contribution in [2.45, 2.75) is 6.54 Å². The Kier molecular flexibility index (Phi) is 6.18. The maximum atomic E-state index is 14.4. The maximum Gasteiger partial charge on any atom is 0.261 e. The zero-order valence-corrected chi connectivity index (χ0v) is 17.4. The lowest BCUT2D eigenvalue weighted by Crippen LogP contribution is -2.21. The van der Waals surface area contributed by atoms with Crippen LogP contribution in [0.4, 0.5) is 16.0 Å². The average molecular weight is 434 g/mol. The number of ether oxygens (including phenoxy) is 1. The Hall–Kier alpha value is -3.78. The number of hydrogen-bond acceptors (Lipinski definition) is 6. The predicted molar refractivity (Wildman–Crippen MR) is 119 cm³/mol. The Morgan fingerprint density at radius 2 is 1.94 bits per heavy atom. The highest BCUT2D eigenvalue weighted by molar-refractivity contribution is 7.17. The summed E-state index contributed by atoms with van der Waals surface area (Å²) in [7, 11) is 1.60. The minimum atomic E-state index is -0.552. The molecule has 156 valence electrons. The van der Waals surface area contributed by atoms with Crippen LogP contribution in [0.15, 0.2) is 72.9 Å². The van der Waals surface area contributed by atoms with Crippen LogP contribution in [0.3, 0.4) is 0 Å². The van der Waals surface area contributed by atoms with Crippen molar-refractivity contribution in [3.8, 4) is 16.3 Å². The smallest absolute Gasteiger partial charge is 0.261 e. The first-order chi connectivity index (χ1) is 15.1. The van der Waals surface area contributed by atoms with E-state index >= 15 is 0 Å². The van der Waals surface area contributed by atoms with Gasteiger partial charge in [-0.2, -0.15) is 0 Å². The van der Waals surface area contributed by atoms with Crippen molar-refractivity contribution in [1.29, 1.82) is 0 Å². The number of amides is 1. The van der Waals surface area contributed by atoms with Gasteiger partial charge < -0.3 is 15.4 Å². The third-order valence-corrected chi connectivity index (χ3v) is 5.52. The molecular weight excluding hydrogens is 415 g/mol. The molecule has 0 bridgehead atoms. The number of aromatic nitrogens is 2. The summed E-state index contributed by atoms with van der Waals surface area (Å²) in [5, 5.41) is 5.91. The summed E-state index contributed by atoms with van der Waals surface area (Å²) in [6.45, 7) is 0.357. The molecule has 0 aliphatic carbocycles. The second kappa shape index (κ2) is 9.36. The largest absolute Gasteiger partial charge is 0.497 e. The SMILES string of the molecule is COc1cccc(CNC(=O)c2ccc(-c3nc(Nc4ccccc4)ncc3F)s2)c1. The number of carbonyl (C=O) groups excluding carboxylic acids is 1. The van der Waals surface area contributed by atoms with Crippen molar-refractivity contribution in [3.05, 3.63) is 89.2 Å². The van der Waals surface area contributed by atoms with E-state index in [9.17, 15) is 9.18 Å². The van der Waals surface area contributed by atoms with Crippen LogP contribution in [0, 0.1) is 5.82 Å². The number of methoxy groups -OCH3 is 1. The third kappa shape index (κ3) is 5.04. The van der Waals surface area contributed by atoms with Crippen LogP contribution in [-0.4, -0.2) is 23.0 Å². The molecule has 0 saturated carbocycles. The van der Waals surface area contributed by atoms with Gasteiger partial charge in [0.25, 0.3) is 5.91 Å². The summed E-state index contributed by atoms with van der Waals surface area (Å²) in [6.07, 6.45) is 1.12. The molecule has 0 radical (unpaired) electrons. The molecule has 0 fully saturated rings. The van der Waals surface area contributed by atoms with Gasteiger partial charge in [-0.3, -0.25) is 4.79 Å². The first-order valence-corrected chi connectivity index (χ1v) is 10.3. The lowest BCUT2D eigenvalue weighted by molar-refractivity contribution is 0.0955. The van der Waals surface area contributed by atoms with Gasteiger partial charge >= 0.3 is 0 Å². The number of thiophene rings is 1. The van der Waals surface area contributed by atoms with E-state index in [0.717, 1.165) is 23.2 Å². The van der Waals surface area contributed by atoms with Crippen molar-refractivity contribution in [1.82, 2.24) is 15.3 Å². The Balaban J connectivity index is 1.47. The van der Waals surface area contributed by atoms with Crippen molar-refractivity contribution in [2.24, 2.45) is 0 Å². The van der Waals surface area contributed by atoms with E-state index in [1.165, 1.54) is 11.3 Å². The second-order valence-electron chi connectivity index (χ2n) is 6.58. The summed E-state index contributed by atoms with van der Waals surface area (Å²) in [5.41, 5.74) is 1.86. The summed E-state index contributed by atoms with van der Waals surface area (Å²) in [4.78, 5) is 21.8. The van der Waals surface area contributed by atoms with Gasteiger partial charge in [0.2, 0.25) is 5.95 Å². The predicted octanol–water partition coefficient (Wildman–Crippen LogP) is 5.03. The minimum absolute atomic E-state index is 0.144. The third-order valence-electron chi connectivity index (χ3n) is 4.42. The van der Waals surface area contributed by atoms with E-state index in [4.69, 9.17) is 4.74 Å². The topological polar surface area (TPSA) is 76.1 Å². The number of halogens is 1. The van der Waals surface area contributed by atoms with Gasteiger partial charge in [-0.05, 0) is 42.0 Å². The lowest BCUT2D eigenvalue weighted by atomic mass is 10.2. The number of anilines is 2. The van der Waals surface area contributed by atoms with Crippen molar-refractivity contribution >= 4 is 28.9 Å². The van der Waals surface area contributed by atoms with E-state index in [0.29, 0.717) is 16.3 Å². The normalized spacial score (nSPS) is 10.5. The maximum absolute atomic E-state index is 14.4. The highest BCUT2D eigenvalue weighted by atomic mass is 32.1. The highest BCUT2D eigenvalue weighted by Gasteiger charge is 2.15. The molecule has 0 atom stereocenters. The first-order valence-electron chi connectivity index (χ1n) is 9.48. The number of benzene rings is 2. The Morgan fingerprint density at radius 3 is 2.74 bits per heavy atom. The van der Waals surface area contributed by atoms with Crippen LogP contribution >= 0.6 is 11.3 Å². The Labute approximate surface area is 182 Å². The summed E-state index contributed by atoms with van der Waals surface area (Å²) >= 11 is 1.17. The number of para-hydroxylation sites is 1. The van der Waals surface area contributed by atoms with Crippen LogP contribution < -0.4 is 15.4 Å². The standard InChI is InChI=1S/C23H19FN4O2S/c1-30-17-9-5-6-15(12-17)13-25-22(29)20-11-10-19(31-20)21-18(24)14-26-23(28-21)27-16-7-3-2-4-8-16/h2-12,14H,13H2,1H3,(H,25,29)(H,26,27,28). The average Bonchev–Trinajstić information content (AvgIpc) is 3.30. The molecule has 2 aromatic heterocycles. The molecular formula is C23H19FN4O2S. The molecule has 2 N–H and O–H groups in total. The van der Waals surface area contributed by atoms with Gasteiger partial charge in [0.05, 0.1) is 23.1 Å². The second-order valence-corrected chi connectivity index (χ2v) is 7.66. The minimum Gasteiger partial charge on any atom is -0.497 e. The monoisotopic (exact) mass is 434 g/mol. The molecule has 0 spiro atoms. The molecule has 0 aliphatic rings. The molecule has 2 aromatic carbocycles. The van der Waals surface area contributed by atoms with Gasteiger partial charge in [0.15, 0.2) is 5.82 Å². The van der Waals surface area contributed by atoms with Gasteiger partial charge in [-0.1, -0.05) is 30.3 Å². The molecule has 0 saturated heterocycles. The number of rotatable bonds is 7. The Bertz CT molecular complexity index is 1200. The molecule has 2 heterocycles. The van der Waals surface area contributed by atoms with E-state index in [2.05, 4.69) is 20.6 Å². The Morgan fingerprint density at radius 1 is 1.10 bits per heavy atom. The number of carbonyl (C=O) groups is 1. The van der Waals surface area contributed by atoms with Crippen LogP contribution in [0.1, 0.15) is 15.2 Å². The summed E-state index contributed by atoms with van der Waals surface area (Å²) < 4.78 is 19.6. The molecule has 4 rings (SSSR count). The van der Waals surface area contributed by atoms with Crippen molar-refractivity contribution in [2.75, 3.05) is 12.4 Å². The van der Waals surface area contributed by atoms with Crippen LogP contribution in [-0.2, 0) is 6.54 Å². The van der Waals surface area contributed by atoms with E-state index < -0.39 is 5.82 Å². The first kappa shape index (κ1) is 20.5. The molecule has 0 unspecified atom stereocenters. The van der Waals surface area contributed by atoms with Crippen LogP contribution in [0.5, 0.6) is 5.75 Å². The zero-order chi connectivity index (χ0) is 21.6. The van der Waals surface area contributed by atoms with Gasteiger partial charge in [-0.15, -0.1) is 11.3 Å². The lowest BCUT2D eigenvalue weighted by Gasteiger charge is -2.07. The van der Waals surface area contributed by atoms with E-state index in [-0.39, 0.29) is 17.5 Å². The highest BCUT2D eigenvalue weighted by Crippen LogP contribution is 2.29. The molecule has 6 nitrogen and oxygen atoms in total. The fraction of sp³-hybridized carbons (Fsp3) is 0.0870. The number of hydrogen-bond donors (Lipinski definition) is 2. The zero-order valence-electron chi connectivity index (χ0n) is 16.6. The fourth-order valence-electron chi connectivity index (χ4n) is 2.89. The quantitative estimate of drug-likeness (QED) is 0.427. The van der Waals surface area contributed by atoms with Crippen LogP contribution in [0.2, 0.25) is 0 Å². The fourth-order valence-corrected chi connectivity index (χ4v) is 3.80. The van der Waals surface area contributed by atoms with Gasteiger partial charge in [0.1, 0.15) is 11.4 Å².